The van der Waals surface area contributed by atoms with Crippen LogP contribution < -0.4 is 4.74 Å². The Balaban J connectivity index is 2.06. The van der Waals surface area contributed by atoms with E-state index in [4.69, 9.17) is 4.74 Å². The van der Waals surface area contributed by atoms with Gasteiger partial charge in [0.1, 0.15) is 18.3 Å². The summed E-state index contributed by atoms with van der Waals surface area (Å²) in [6.07, 6.45) is 3.15. The number of aromatic nitrogens is 1. The highest BCUT2D eigenvalue weighted by atomic mass is 16.5. The average Bonchev–Trinajstić information content (AvgIpc) is 2.41. The molecule has 0 saturated carbocycles. The van der Waals surface area contributed by atoms with E-state index in [-0.39, 0.29) is 6.61 Å². The van der Waals surface area contributed by atoms with Crippen molar-refractivity contribution < 1.29 is 14.6 Å². The first-order chi connectivity index (χ1) is 8.77. The topological polar surface area (TPSA) is 59.4 Å². The third kappa shape index (κ3) is 3.07. The molecular formula is C14H13NO3. The van der Waals surface area contributed by atoms with E-state index in [1.165, 1.54) is 0 Å². The fourth-order valence-electron chi connectivity index (χ4n) is 1.60. The van der Waals surface area contributed by atoms with Crippen molar-refractivity contribution in [2.24, 2.45) is 0 Å². The van der Waals surface area contributed by atoms with Gasteiger partial charge in [0.05, 0.1) is 0 Å². The third-order valence-electron chi connectivity index (χ3n) is 2.57. The molecule has 2 rings (SSSR count). The molecule has 0 radical (unpaired) electrons. The second kappa shape index (κ2) is 5.82. The summed E-state index contributed by atoms with van der Waals surface area (Å²) in [7, 11) is 0. The number of hydrogen-bond acceptors (Lipinski definition) is 3. The molecule has 0 aliphatic rings. The molecule has 0 saturated heterocycles. The van der Waals surface area contributed by atoms with Crippen molar-refractivity contribution in [2.75, 3.05) is 6.61 Å². The molecule has 1 heterocycles. The van der Waals surface area contributed by atoms with Crippen LogP contribution in [0.2, 0.25) is 0 Å². The Morgan fingerprint density at radius 2 is 1.83 bits per heavy atom. The molecule has 18 heavy (non-hydrogen) atoms. The van der Waals surface area contributed by atoms with Gasteiger partial charge in [-0.25, -0.2) is 0 Å². The van der Waals surface area contributed by atoms with Crippen LogP contribution in [-0.2, 0) is 4.79 Å². The summed E-state index contributed by atoms with van der Waals surface area (Å²) in [4.78, 5) is 15.1. The van der Waals surface area contributed by atoms with Gasteiger partial charge >= 0.3 is 5.97 Å². The smallest absolute Gasteiger partial charge is 0.314 e. The van der Waals surface area contributed by atoms with E-state index in [1.807, 2.05) is 18.2 Å². The summed E-state index contributed by atoms with van der Waals surface area (Å²) in [6, 6.07) is 12.5. The molecule has 1 atom stereocenters. The Morgan fingerprint density at radius 3 is 2.44 bits per heavy atom. The van der Waals surface area contributed by atoms with E-state index in [2.05, 4.69) is 4.98 Å². The zero-order valence-corrected chi connectivity index (χ0v) is 9.69. The average molecular weight is 243 g/mol. The second-order valence-electron chi connectivity index (χ2n) is 3.80. The summed E-state index contributed by atoms with van der Waals surface area (Å²) in [5, 5.41) is 9.20. The number of benzene rings is 1. The van der Waals surface area contributed by atoms with Crippen molar-refractivity contribution in [1.29, 1.82) is 0 Å². The Hall–Kier alpha value is -2.36. The van der Waals surface area contributed by atoms with Crippen LogP contribution in [0.1, 0.15) is 11.5 Å². The van der Waals surface area contributed by atoms with Gasteiger partial charge in [0.2, 0.25) is 0 Å². The number of ether oxygens (including phenoxy) is 1. The van der Waals surface area contributed by atoms with Gasteiger partial charge in [-0.15, -0.1) is 0 Å². The number of aliphatic carboxylic acids is 1. The Morgan fingerprint density at radius 1 is 1.17 bits per heavy atom. The number of para-hydroxylation sites is 1. The molecule has 0 amide bonds. The lowest BCUT2D eigenvalue weighted by atomic mass is 10.0. The van der Waals surface area contributed by atoms with E-state index in [9.17, 15) is 9.90 Å². The highest BCUT2D eigenvalue weighted by molar-refractivity contribution is 5.76. The van der Waals surface area contributed by atoms with E-state index in [1.54, 1.807) is 36.7 Å². The van der Waals surface area contributed by atoms with Crippen molar-refractivity contribution in [3.63, 3.8) is 0 Å². The number of carboxylic acids is 1. The Labute approximate surface area is 105 Å². The molecule has 1 aromatic carbocycles. The minimum absolute atomic E-state index is 0.101. The molecule has 4 nitrogen and oxygen atoms in total. The van der Waals surface area contributed by atoms with E-state index < -0.39 is 11.9 Å². The van der Waals surface area contributed by atoms with Gasteiger partial charge < -0.3 is 9.84 Å². The molecule has 0 spiro atoms. The molecular weight excluding hydrogens is 230 g/mol. The molecule has 1 aromatic heterocycles. The van der Waals surface area contributed by atoms with Crippen molar-refractivity contribution in [3.8, 4) is 5.75 Å². The number of nitrogens with zero attached hydrogens (tertiary/aromatic N) is 1. The maximum absolute atomic E-state index is 11.2. The van der Waals surface area contributed by atoms with Crippen LogP contribution in [-0.4, -0.2) is 22.7 Å². The van der Waals surface area contributed by atoms with Crippen LogP contribution in [0.3, 0.4) is 0 Å². The first-order valence-electron chi connectivity index (χ1n) is 5.58. The lowest BCUT2D eigenvalue weighted by Crippen LogP contribution is -2.19. The Kier molecular flexibility index (Phi) is 3.91. The van der Waals surface area contributed by atoms with Gasteiger partial charge in [-0.3, -0.25) is 9.78 Å². The molecule has 0 aliphatic heterocycles. The molecule has 2 aromatic rings. The number of rotatable bonds is 5. The van der Waals surface area contributed by atoms with E-state index in [0.29, 0.717) is 11.3 Å². The number of carboxylic acid groups (broad SMARTS) is 1. The van der Waals surface area contributed by atoms with Crippen LogP contribution >= 0.6 is 0 Å². The first-order valence-corrected chi connectivity index (χ1v) is 5.58. The molecule has 1 N–H and O–H groups in total. The normalized spacial score (nSPS) is 11.8. The minimum atomic E-state index is -0.905. The quantitative estimate of drug-likeness (QED) is 0.875. The lowest BCUT2D eigenvalue weighted by Gasteiger charge is -2.13. The van der Waals surface area contributed by atoms with Gasteiger partial charge in [0.25, 0.3) is 0 Å². The molecule has 0 bridgehead atoms. The molecule has 0 fully saturated rings. The minimum Gasteiger partial charge on any atom is -0.492 e. The number of carbonyl (C=O) groups is 1. The summed E-state index contributed by atoms with van der Waals surface area (Å²) in [6.45, 7) is 0.101. The van der Waals surface area contributed by atoms with E-state index in [0.717, 1.165) is 0 Å². The highest BCUT2D eigenvalue weighted by Gasteiger charge is 2.20. The van der Waals surface area contributed by atoms with Crippen molar-refractivity contribution in [1.82, 2.24) is 4.98 Å². The largest absolute Gasteiger partial charge is 0.492 e. The second-order valence-corrected chi connectivity index (χ2v) is 3.80. The maximum Gasteiger partial charge on any atom is 0.314 e. The predicted octanol–water partition coefficient (Wildman–Crippen LogP) is 2.33. The fraction of sp³-hybridized carbons (Fsp3) is 0.143. The summed E-state index contributed by atoms with van der Waals surface area (Å²) < 4.78 is 5.48. The Bertz CT molecular complexity index is 499. The van der Waals surface area contributed by atoms with Gasteiger partial charge in [-0.2, -0.15) is 0 Å². The zero-order valence-electron chi connectivity index (χ0n) is 9.69. The van der Waals surface area contributed by atoms with Gasteiger partial charge in [0, 0.05) is 12.4 Å². The monoisotopic (exact) mass is 243 g/mol. The third-order valence-corrected chi connectivity index (χ3v) is 2.57. The maximum atomic E-state index is 11.2. The molecule has 92 valence electrons. The van der Waals surface area contributed by atoms with Crippen molar-refractivity contribution in [3.05, 3.63) is 60.4 Å². The van der Waals surface area contributed by atoms with Gasteiger partial charge in [-0.05, 0) is 29.8 Å². The van der Waals surface area contributed by atoms with E-state index >= 15 is 0 Å². The fourth-order valence-corrected chi connectivity index (χ4v) is 1.60. The summed E-state index contributed by atoms with van der Waals surface area (Å²) >= 11 is 0. The molecule has 1 unspecified atom stereocenters. The SMILES string of the molecule is O=C(O)C(COc1ccccc1)c1ccncc1. The molecule has 4 heteroatoms. The van der Waals surface area contributed by atoms with Crippen LogP contribution in [0.25, 0.3) is 0 Å². The lowest BCUT2D eigenvalue weighted by molar-refractivity contribution is -0.139. The van der Waals surface area contributed by atoms with Crippen molar-refractivity contribution >= 4 is 5.97 Å². The predicted molar refractivity (Wildman–Crippen MR) is 66.6 cm³/mol. The summed E-state index contributed by atoms with van der Waals surface area (Å²) in [5.41, 5.74) is 0.688. The van der Waals surface area contributed by atoms with Crippen LogP contribution in [0.15, 0.2) is 54.9 Å². The zero-order chi connectivity index (χ0) is 12.8. The van der Waals surface area contributed by atoms with Crippen LogP contribution in [0, 0.1) is 0 Å². The van der Waals surface area contributed by atoms with Gasteiger partial charge in [-0.1, -0.05) is 18.2 Å². The number of pyridine rings is 1. The van der Waals surface area contributed by atoms with Crippen LogP contribution in [0.5, 0.6) is 5.75 Å². The van der Waals surface area contributed by atoms with Crippen LogP contribution in [0.4, 0.5) is 0 Å². The number of hydrogen-bond donors (Lipinski definition) is 1. The molecule has 0 aliphatic carbocycles. The standard InChI is InChI=1S/C14H13NO3/c16-14(17)13(11-6-8-15-9-7-11)10-18-12-4-2-1-3-5-12/h1-9,13H,10H2,(H,16,17). The van der Waals surface area contributed by atoms with Crippen molar-refractivity contribution in [2.45, 2.75) is 5.92 Å². The highest BCUT2D eigenvalue weighted by Crippen LogP contribution is 2.18. The van der Waals surface area contributed by atoms with Gasteiger partial charge in [0.15, 0.2) is 0 Å². The summed E-state index contributed by atoms with van der Waals surface area (Å²) in [5.74, 6) is -0.928. The first kappa shape index (κ1) is 12.1.